The molecule has 1 amide bonds. The van der Waals surface area contributed by atoms with Crippen molar-refractivity contribution in [2.75, 3.05) is 17.7 Å². The molecule has 0 saturated heterocycles. The molecular formula is C23H23ClN2O3S2. The Morgan fingerprint density at radius 2 is 2.06 bits per heavy atom. The fraction of sp³-hybridized carbons (Fsp3) is 0.348. The van der Waals surface area contributed by atoms with Crippen LogP contribution in [0.3, 0.4) is 0 Å². The number of fused-ring (bicyclic) bond motifs is 2. The average molecular weight is 475 g/mol. The summed E-state index contributed by atoms with van der Waals surface area (Å²) in [5.41, 5.74) is 3.49. The van der Waals surface area contributed by atoms with Gasteiger partial charge in [-0.3, -0.25) is 4.79 Å². The van der Waals surface area contributed by atoms with Gasteiger partial charge >= 0.3 is 5.97 Å². The van der Waals surface area contributed by atoms with E-state index >= 15 is 0 Å². The van der Waals surface area contributed by atoms with Gasteiger partial charge in [0.05, 0.1) is 28.5 Å². The highest BCUT2D eigenvalue weighted by Gasteiger charge is 2.27. The van der Waals surface area contributed by atoms with Crippen LogP contribution in [0.25, 0.3) is 10.9 Å². The number of nitrogens with zero attached hydrogens (tertiary/aromatic N) is 1. The van der Waals surface area contributed by atoms with Gasteiger partial charge in [-0.15, -0.1) is 11.3 Å². The van der Waals surface area contributed by atoms with Crippen molar-refractivity contribution in [1.82, 2.24) is 4.98 Å². The zero-order chi connectivity index (χ0) is 22.0. The van der Waals surface area contributed by atoms with Gasteiger partial charge in [-0.2, -0.15) is 0 Å². The van der Waals surface area contributed by atoms with Crippen LogP contribution in [0, 0.1) is 6.92 Å². The molecule has 1 aliphatic carbocycles. The van der Waals surface area contributed by atoms with Crippen LogP contribution in [-0.2, 0) is 22.4 Å². The number of halogens is 1. The lowest BCUT2D eigenvalue weighted by molar-refractivity contribution is -0.113. The molecule has 0 radical (unpaired) electrons. The maximum absolute atomic E-state index is 12.7. The molecule has 0 unspecified atom stereocenters. The summed E-state index contributed by atoms with van der Waals surface area (Å²) < 4.78 is 5.26. The van der Waals surface area contributed by atoms with E-state index in [0.29, 0.717) is 22.2 Å². The Hall–Kier alpha value is -2.09. The summed E-state index contributed by atoms with van der Waals surface area (Å²) in [4.78, 5) is 31.1. The molecule has 31 heavy (non-hydrogen) atoms. The Labute approximate surface area is 194 Å². The van der Waals surface area contributed by atoms with Gasteiger partial charge in [0.1, 0.15) is 5.00 Å². The van der Waals surface area contributed by atoms with Crippen LogP contribution in [0.5, 0.6) is 0 Å². The van der Waals surface area contributed by atoms with Gasteiger partial charge in [-0.25, -0.2) is 9.78 Å². The predicted octanol–water partition coefficient (Wildman–Crippen LogP) is 6.04. The number of carbonyl (C=O) groups is 2. The van der Waals surface area contributed by atoms with Gasteiger partial charge in [-0.05, 0) is 74.9 Å². The molecule has 0 spiro atoms. The molecule has 4 rings (SSSR count). The molecule has 2 heterocycles. The number of thiophene rings is 1. The third kappa shape index (κ3) is 4.89. The average Bonchev–Trinajstić information content (AvgIpc) is 3.10. The number of esters is 1. The molecule has 1 aliphatic rings. The summed E-state index contributed by atoms with van der Waals surface area (Å²) in [6.07, 6.45) is 3.96. The van der Waals surface area contributed by atoms with Crippen LogP contribution >= 0.6 is 34.7 Å². The number of nitrogens with one attached hydrogen (secondary N) is 1. The molecule has 5 nitrogen and oxygen atoms in total. The van der Waals surface area contributed by atoms with E-state index in [9.17, 15) is 9.59 Å². The summed E-state index contributed by atoms with van der Waals surface area (Å²) >= 11 is 8.96. The number of ether oxygens (including phenoxy) is 1. The molecule has 3 aromatic rings. The first kappa shape index (κ1) is 22.1. The van der Waals surface area contributed by atoms with E-state index in [-0.39, 0.29) is 17.6 Å². The number of benzene rings is 1. The molecule has 0 fully saturated rings. The van der Waals surface area contributed by atoms with Gasteiger partial charge in [0, 0.05) is 15.3 Å². The van der Waals surface area contributed by atoms with E-state index in [2.05, 4.69) is 10.3 Å². The minimum absolute atomic E-state index is 0.162. The Morgan fingerprint density at radius 3 is 2.87 bits per heavy atom. The summed E-state index contributed by atoms with van der Waals surface area (Å²) in [6, 6.07) is 7.56. The van der Waals surface area contributed by atoms with Gasteiger partial charge < -0.3 is 10.1 Å². The largest absolute Gasteiger partial charge is 0.462 e. The molecule has 8 heteroatoms. The smallest absolute Gasteiger partial charge is 0.341 e. The number of anilines is 1. The topological polar surface area (TPSA) is 68.3 Å². The Balaban J connectivity index is 1.49. The second-order valence-corrected chi connectivity index (χ2v) is 9.95. The molecular weight excluding hydrogens is 452 g/mol. The normalized spacial score (nSPS) is 13.1. The summed E-state index contributed by atoms with van der Waals surface area (Å²) in [7, 11) is 0. The van der Waals surface area contributed by atoms with E-state index in [1.807, 2.05) is 31.2 Å². The summed E-state index contributed by atoms with van der Waals surface area (Å²) in [5, 5.41) is 6.01. The number of rotatable bonds is 6. The highest BCUT2D eigenvalue weighted by atomic mass is 35.5. The van der Waals surface area contributed by atoms with E-state index < -0.39 is 0 Å². The van der Waals surface area contributed by atoms with Crippen LogP contribution in [0.4, 0.5) is 5.00 Å². The van der Waals surface area contributed by atoms with Crippen molar-refractivity contribution in [1.29, 1.82) is 0 Å². The third-order valence-corrected chi connectivity index (χ3v) is 7.56. The maximum Gasteiger partial charge on any atom is 0.341 e. The number of hydrogen-bond acceptors (Lipinski definition) is 6. The minimum Gasteiger partial charge on any atom is -0.462 e. The molecule has 0 bridgehead atoms. The SMILES string of the molecule is CCOC(=O)c1c(NC(=O)CSc2cc(C)c3cc(Cl)ccc3n2)sc2c1CCCC2. The number of pyridine rings is 1. The molecule has 1 aromatic carbocycles. The van der Waals surface area contributed by atoms with E-state index in [4.69, 9.17) is 16.3 Å². The fourth-order valence-electron chi connectivity index (χ4n) is 3.78. The highest BCUT2D eigenvalue weighted by Crippen LogP contribution is 2.38. The predicted molar refractivity (Wildman–Crippen MR) is 128 cm³/mol. The van der Waals surface area contributed by atoms with E-state index in [1.54, 1.807) is 6.92 Å². The summed E-state index contributed by atoms with van der Waals surface area (Å²) in [6.45, 7) is 4.11. The van der Waals surface area contributed by atoms with Crippen molar-refractivity contribution in [3.8, 4) is 0 Å². The van der Waals surface area contributed by atoms with Crippen molar-refractivity contribution in [3.05, 3.63) is 50.9 Å². The Bertz CT molecular complexity index is 1160. The first-order chi connectivity index (χ1) is 15.0. The van der Waals surface area contributed by atoms with Crippen LogP contribution < -0.4 is 5.32 Å². The van der Waals surface area contributed by atoms with Crippen LogP contribution in [-0.4, -0.2) is 29.2 Å². The molecule has 1 N–H and O–H groups in total. The third-order valence-electron chi connectivity index (χ3n) is 5.21. The number of aryl methyl sites for hydroxylation is 2. The monoisotopic (exact) mass is 474 g/mol. The number of amides is 1. The first-order valence-corrected chi connectivity index (χ1v) is 12.5. The summed E-state index contributed by atoms with van der Waals surface area (Å²) in [5.74, 6) is -0.309. The lowest BCUT2D eigenvalue weighted by Crippen LogP contribution is -2.17. The molecule has 162 valence electrons. The number of hydrogen-bond donors (Lipinski definition) is 1. The van der Waals surface area contributed by atoms with Crippen LogP contribution in [0.2, 0.25) is 5.02 Å². The molecule has 2 aromatic heterocycles. The van der Waals surface area contributed by atoms with Gasteiger partial charge in [-0.1, -0.05) is 23.4 Å². The molecule has 0 saturated carbocycles. The molecule has 0 atom stereocenters. The van der Waals surface area contributed by atoms with Gasteiger partial charge in [0.2, 0.25) is 5.91 Å². The standard InChI is InChI=1S/C23H23ClN2O3S2/c1-3-29-23(28)21-15-6-4-5-7-18(15)31-22(21)26-19(27)12-30-20-10-13(2)16-11-14(24)8-9-17(16)25-20/h8-11H,3-7,12H2,1-2H3,(H,26,27). The quantitative estimate of drug-likeness (QED) is 0.348. The lowest BCUT2D eigenvalue weighted by Gasteiger charge is -2.12. The van der Waals surface area contributed by atoms with Crippen molar-refractivity contribution in [2.24, 2.45) is 0 Å². The number of thioether (sulfide) groups is 1. The van der Waals surface area contributed by atoms with Crippen LogP contribution in [0.15, 0.2) is 29.3 Å². The van der Waals surface area contributed by atoms with Gasteiger partial charge in [0.25, 0.3) is 0 Å². The fourth-order valence-corrected chi connectivity index (χ4v) is 6.02. The maximum atomic E-state index is 12.7. The minimum atomic E-state index is -0.352. The van der Waals surface area contributed by atoms with Crippen molar-refractivity contribution < 1.29 is 14.3 Å². The highest BCUT2D eigenvalue weighted by molar-refractivity contribution is 7.99. The Kier molecular flexibility index (Phi) is 6.84. The molecule has 0 aliphatic heterocycles. The number of aromatic nitrogens is 1. The van der Waals surface area contributed by atoms with Crippen molar-refractivity contribution in [3.63, 3.8) is 0 Å². The van der Waals surface area contributed by atoms with E-state index in [1.165, 1.54) is 28.0 Å². The second-order valence-electron chi connectivity index (χ2n) is 7.41. The zero-order valence-electron chi connectivity index (χ0n) is 17.4. The zero-order valence-corrected chi connectivity index (χ0v) is 19.8. The van der Waals surface area contributed by atoms with Crippen molar-refractivity contribution >= 4 is 62.5 Å². The number of carbonyl (C=O) groups excluding carboxylic acids is 2. The second kappa shape index (κ2) is 9.59. The van der Waals surface area contributed by atoms with Gasteiger partial charge in [0.15, 0.2) is 0 Å². The lowest BCUT2D eigenvalue weighted by atomic mass is 9.95. The van der Waals surface area contributed by atoms with Crippen LogP contribution in [0.1, 0.15) is 46.1 Å². The first-order valence-electron chi connectivity index (χ1n) is 10.3. The Morgan fingerprint density at radius 1 is 1.26 bits per heavy atom. The van der Waals surface area contributed by atoms with Crippen molar-refractivity contribution in [2.45, 2.75) is 44.6 Å². The van der Waals surface area contributed by atoms with E-state index in [0.717, 1.165) is 52.7 Å².